The van der Waals surface area contributed by atoms with Crippen LogP contribution in [0.2, 0.25) is 0 Å². The van der Waals surface area contributed by atoms with Crippen molar-refractivity contribution in [2.24, 2.45) is 0 Å². The number of aromatic nitrogens is 4. The normalized spacial score (nSPS) is 11.1. The molecule has 0 fully saturated rings. The maximum atomic E-state index is 10.8. The Morgan fingerprint density at radius 1 is 1.43 bits per heavy atom. The van der Waals surface area contributed by atoms with Crippen LogP contribution in [-0.2, 0) is 4.79 Å². The highest BCUT2D eigenvalue weighted by atomic mass is 32.2. The third-order valence-corrected chi connectivity index (χ3v) is 4.13. The van der Waals surface area contributed by atoms with Crippen LogP contribution >= 0.6 is 11.8 Å². The van der Waals surface area contributed by atoms with Crippen LogP contribution in [0.1, 0.15) is 11.3 Å². The summed E-state index contributed by atoms with van der Waals surface area (Å²) >= 11 is 1.20. The summed E-state index contributed by atoms with van der Waals surface area (Å²) in [5.74, 6) is 0.473. The summed E-state index contributed by atoms with van der Waals surface area (Å²) in [5.41, 5.74) is 1.69. The third kappa shape index (κ3) is 2.49. The van der Waals surface area contributed by atoms with E-state index in [0.29, 0.717) is 17.4 Å². The van der Waals surface area contributed by atoms with Crippen LogP contribution in [0.15, 0.2) is 27.8 Å². The monoisotopic (exact) mass is 304 g/mol. The van der Waals surface area contributed by atoms with Crippen LogP contribution < -0.4 is 0 Å². The number of carboxylic acids is 1. The van der Waals surface area contributed by atoms with Gasteiger partial charge in [0.1, 0.15) is 5.03 Å². The topological polar surface area (TPSA) is 93.5 Å². The second-order valence-electron chi connectivity index (χ2n) is 4.43. The molecule has 3 rings (SSSR count). The molecule has 0 saturated heterocycles. The fourth-order valence-corrected chi connectivity index (χ4v) is 2.74. The molecule has 3 aromatic heterocycles. The second kappa shape index (κ2) is 5.21. The molecule has 0 amide bonds. The minimum Gasteiger partial charge on any atom is -0.481 e. The Hall–Kier alpha value is -2.35. The minimum atomic E-state index is -0.881. The van der Waals surface area contributed by atoms with Crippen molar-refractivity contribution in [3.8, 4) is 11.6 Å². The summed E-state index contributed by atoms with van der Waals surface area (Å²) in [6, 6.07) is 3.52. The molecule has 108 valence electrons. The van der Waals surface area contributed by atoms with Gasteiger partial charge in [0.05, 0.1) is 12.0 Å². The van der Waals surface area contributed by atoms with E-state index in [2.05, 4.69) is 15.1 Å². The predicted molar refractivity (Wildman–Crippen MR) is 76.3 cm³/mol. The lowest BCUT2D eigenvalue weighted by Gasteiger charge is -2.07. The Morgan fingerprint density at radius 3 is 2.90 bits per heavy atom. The van der Waals surface area contributed by atoms with E-state index < -0.39 is 5.97 Å². The quantitative estimate of drug-likeness (QED) is 0.583. The fourth-order valence-electron chi connectivity index (χ4n) is 1.87. The molecule has 3 aromatic rings. The molecule has 0 spiro atoms. The average Bonchev–Trinajstić information content (AvgIpc) is 3.07. The van der Waals surface area contributed by atoms with Crippen LogP contribution in [-0.4, -0.2) is 36.4 Å². The molecule has 0 aromatic carbocycles. The van der Waals surface area contributed by atoms with Gasteiger partial charge in [-0.3, -0.25) is 4.79 Å². The highest BCUT2D eigenvalue weighted by Crippen LogP contribution is 2.26. The SMILES string of the molecule is Cc1nc2nc(-c3ccco3)nn2c(SCC(=O)O)c1C. The lowest BCUT2D eigenvalue weighted by Crippen LogP contribution is -2.05. The summed E-state index contributed by atoms with van der Waals surface area (Å²) in [6.07, 6.45) is 1.55. The molecule has 21 heavy (non-hydrogen) atoms. The number of thioether (sulfide) groups is 1. The van der Waals surface area contributed by atoms with Crippen LogP contribution in [0.4, 0.5) is 0 Å². The summed E-state index contributed by atoms with van der Waals surface area (Å²) in [4.78, 5) is 19.5. The standard InChI is InChI=1S/C13H12N4O3S/c1-7-8(2)14-13-15-11(9-4-3-5-20-9)16-17(13)12(7)21-6-10(18)19/h3-5H,6H2,1-2H3,(H,18,19). The number of carboxylic acid groups (broad SMARTS) is 1. The molecule has 1 N–H and O–H groups in total. The number of nitrogens with zero attached hydrogens (tertiary/aromatic N) is 4. The van der Waals surface area contributed by atoms with Gasteiger partial charge in [0.2, 0.25) is 5.82 Å². The van der Waals surface area contributed by atoms with Gasteiger partial charge in [-0.1, -0.05) is 11.8 Å². The zero-order valence-electron chi connectivity index (χ0n) is 11.4. The zero-order chi connectivity index (χ0) is 15.0. The van der Waals surface area contributed by atoms with Crippen molar-refractivity contribution in [1.82, 2.24) is 19.6 Å². The Balaban J connectivity index is 2.14. The largest absolute Gasteiger partial charge is 0.481 e. The lowest BCUT2D eigenvalue weighted by atomic mass is 10.3. The molecule has 3 heterocycles. The van der Waals surface area contributed by atoms with Gasteiger partial charge in [-0.2, -0.15) is 9.50 Å². The number of fused-ring (bicyclic) bond motifs is 1. The third-order valence-electron chi connectivity index (χ3n) is 2.99. The number of carbonyl (C=O) groups is 1. The van der Waals surface area contributed by atoms with E-state index >= 15 is 0 Å². The second-order valence-corrected chi connectivity index (χ2v) is 5.40. The van der Waals surface area contributed by atoms with Crippen LogP contribution in [0.5, 0.6) is 0 Å². The van der Waals surface area contributed by atoms with E-state index in [1.807, 2.05) is 13.8 Å². The number of rotatable bonds is 4. The highest BCUT2D eigenvalue weighted by Gasteiger charge is 2.17. The van der Waals surface area contributed by atoms with Gasteiger partial charge in [0.15, 0.2) is 5.76 Å². The zero-order valence-corrected chi connectivity index (χ0v) is 12.2. The number of furan rings is 1. The first-order valence-corrected chi connectivity index (χ1v) is 7.17. The van der Waals surface area contributed by atoms with Crippen molar-refractivity contribution in [1.29, 1.82) is 0 Å². The molecule has 0 radical (unpaired) electrons. The molecular formula is C13H12N4O3S. The Labute approximate surface area is 124 Å². The molecule has 0 unspecified atom stereocenters. The molecule has 7 nitrogen and oxygen atoms in total. The minimum absolute atomic E-state index is 0.0463. The van der Waals surface area contributed by atoms with Crippen molar-refractivity contribution in [3.05, 3.63) is 29.7 Å². The van der Waals surface area contributed by atoms with E-state index in [-0.39, 0.29) is 5.75 Å². The smallest absolute Gasteiger partial charge is 0.313 e. The summed E-state index contributed by atoms with van der Waals surface area (Å²) < 4.78 is 6.84. The average molecular weight is 304 g/mol. The maximum Gasteiger partial charge on any atom is 0.313 e. The first-order chi connectivity index (χ1) is 10.1. The van der Waals surface area contributed by atoms with E-state index in [4.69, 9.17) is 9.52 Å². The maximum absolute atomic E-state index is 10.8. The number of hydrogen-bond donors (Lipinski definition) is 1. The van der Waals surface area contributed by atoms with Crippen molar-refractivity contribution in [2.75, 3.05) is 5.75 Å². The van der Waals surface area contributed by atoms with Gasteiger partial charge < -0.3 is 9.52 Å². The van der Waals surface area contributed by atoms with Crippen LogP contribution in [0.25, 0.3) is 17.4 Å². The molecular weight excluding hydrogens is 292 g/mol. The molecule has 0 atom stereocenters. The summed E-state index contributed by atoms with van der Waals surface area (Å²) in [6.45, 7) is 3.75. The summed E-state index contributed by atoms with van der Waals surface area (Å²) in [5, 5.41) is 14.0. The molecule has 0 aliphatic carbocycles. The first kappa shape index (κ1) is 13.6. The number of hydrogen-bond acceptors (Lipinski definition) is 6. The molecule has 0 aliphatic rings. The number of aliphatic carboxylic acids is 1. The molecule has 8 heteroatoms. The number of aryl methyl sites for hydroxylation is 1. The van der Waals surface area contributed by atoms with Gasteiger partial charge >= 0.3 is 5.97 Å². The van der Waals surface area contributed by atoms with Gasteiger partial charge in [-0.15, -0.1) is 5.10 Å². The van der Waals surface area contributed by atoms with Gasteiger partial charge in [0, 0.05) is 11.3 Å². The van der Waals surface area contributed by atoms with Gasteiger partial charge in [-0.05, 0) is 26.0 Å². The van der Waals surface area contributed by atoms with Crippen molar-refractivity contribution < 1.29 is 14.3 Å². The van der Waals surface area contributed by atoms with Crippen LogP contribution in [0.3, 0.4) is 0 Å². The van der Waals surface area contributed by atoms with E-state index in [1.165, 1.54) is 11.8 Å². The van der Waals surface area contributed by atoms with Gasteiger partial charge in [-0.25, -0.2) is 4.98 Å². The predicted octanol–water partition coefficient (Wildman–Crippen LogP) is 2.18. The first-order valence-electron chi connectivity index (χ1n) is 6.18. The van der Waals surface area contributed by atoms with Crippen molar-refractivity contribution >= 4 is 23.5 Å². The van der Waals surface area contributed by atoms with Crippen molar-refractivity contribution in [2.45, 2.75) is 18.9 Å². The van der Waals surface area contributed by atoms with E-state index in [9.17, 15) is 4.79 Å². The van der Waals surface area contributed by atoms with Crippen molar-refractivity contribution in [3.63, 3.8) is 0 Å². The van der Waals surface area contributed by atoms with E-state index in [0.717, 1.165) is 16.3 Å². The Kier molecular flexibility index (Phi) is 3.38. The van der Waals surface area contributed by atoms with E-state index in [1.54, 1.807) is 22.9 Å². The Bertz CT molecular complexity index is 811. The lowest BCUT2D eigenvalue weighted by molar-refractivity contribution is -0.133. The fraction of sp³-hybridized carbons (Fsp3) is 0.231. The highest BCUT2D eigenvalue weighted by molar-refractivity contribution is 7.99. The van der Waals surface area contributed by atoms with Gasteiger partial charge in [0.25, 0.3) is 5.78 Å². The molecule has 0 saturated carbocycles. The Morgan fingerprint density at radius 2 is 2.24 bits per heavy atom. The molecule has 0 bridgehead atoms. The van der Waals surface area contributed by atoms with Crippen LogP contribution in [0, 0.1) is 13.8 Å². The molecule has 0 aliphatic heterocycles. The summed E-state index contributed by atoms with van der Waals surface area (Å²) in [7, 11) is 0.